The van der Waals surface area contributed by atoms with Crippen molar-refractivity contribution in [2.75, 3.05) is 25.0 Å². The highest BCUT2D eigenvalue weighted by Gasteiger charge is 2.08. The van der Waals surface area contributed by atoms with Gasteiger partial charge in [0.1, 0.15) is 0 Å². The highest BCUT2D eigenvalue weighted by atomic mass is 16.4. The van der Waals surface area contributed by atoms with E-state index in [0.717, 1.165) is 18.7 Å². The topological polar surface area (TPSA) is 69.6 Å². The van der Waals surface area contributed by atoms with Crippen LogP contribution >= 0.6 is 0 Å². The zero-order chi connectivity index (χ0) is 15.0. The number of likely N-dealkylation sites (N-methyl/N-ethyl adjacent to an activating group) is 1. The first kappa shape index (κ1) is 16.2. The summed E-state index contributed by atoms with van der Waals surface area (Å²) in [7, 11) is 0. The van der Waals surface area contributed by atoms with E-state index in [2.05, 4.69) is 5.32 Å². The number of carboxylic acid groups (broad SMARTS) is 1. The molecule has 0 saturated carbocycles. The van der Waals surface area contributed by atoms with Crippen molar-refractivity contribution in [3.05, 3.63) is 29.8 Å². The molecule has 0 fully saturated rings. The van der Waals surface area contributed by atoms with Crippen LogP contribution in [-0.2, 0) is 16.0 Å². The summed E-state index contributed by atoms with van der Waals surface area (Å²) < 4.78 is 0. The smallest absolute Gasteiger partial charge is 0.303 e. The molecule has 20 heavy (non-hydrogen) atoms. The van der Waals surface area contributed by atoms with E-state index in [-0.39, 0.29) is 12.3 Å². The molecule has 5 nitrogen and oxygen atoms in total. The molecule has 0 saturated heterocycles. The van der Waals surface area contributed by atoms with Crippen molar-refractivity contribution in [2.24, 2.45) is 0 Å². The van der Waals surface area contributed by atoms with Gasteiger partial charge in [0, 0.05) is 12.1 Å². The number of amides is 1. The van der Waals surface area contributed by atoms with Gasteiger partial charge >= 0.3 is 5.97 Å². The summed E-state index contributed by atoms with van der Waals surface area (Å²) in [5, 5.41) is 11.5. The fourth-order valence-electron chi connectivity index (χ4n) is 1.91. The molecular weight excluding hydrogens is 256 g/mol. The standard InChI is InChI=1S/C15H22N2O3/c1-3-17(4-2)11-14(18)16-13-7-5-6-12(10-13)8-9-15(19)20/h5-7,10H,3-4,8-9,11H2,1-2H3,(H,16,18)(H,19,20). The summed E-state index contributed by atoms with van der Waals surface area (Å²) in [6.07, 6.45) is 0.561. The lowest BCUT2D eigenvalue weighted by atomic mass is 10.1. The molecule has 0 aliphatic rings. The third kappa shape index (κ3) is 5.84. The SMILES string of the molecule is CCN(CC)CC(=O)Nc1cccc(CCC(=O)O)c1. The fraction of sp³-hybridized carbons (Fsp3) is 0.467. The molecular formula is C15H22N2O3. The minimum Gasteiger partial charge on any atom is -0.481 e. The van der Waals surface area contributed by atoms with Crippen LogP contribution in [0.15, 0.2) is 24.3 Å². The zero-order valence-electron chi connectivity index (χ0n) is 12.1. The number of carbonyl (C=O) groups is 2. The van der Waals surface area contributed by atoms with Crippen molar-refractivity contribution < 1.29 is 14.7 Å². The number of hydrogen-bond acceptors (Lipinski definition) is 3. The van der Waals surface area contributed by atoms with Gasteiger partial charge < -0.3 is 10.4 Å². The van der Waals surface area contributed by atoms with Crippen LogP contribution in [0.3, 0.4) is 0 Å². The number of carbonyl (C=O) groups excluding carboxylic acids is 1. The molecule has 1 aromatic rings. The highest BCUT2D eigenvalue weighted by Crippen LogP contribution is 2.12. The number of aryl methyl sites for hydroxylation is 1. The Morgan fingerprint density at radius 2 is 1.95 bits per heavy atom. The fourth-order valence-corrected chi connectivity index (χ4v) is 1.91. The normalized spacial score (nSPS) is 10.6. The van der Waals surface area contributed by atoms with Crippen LogP contribution in [0.4, 0.5) is 5.69 Å². The molecule has 0 aromatic heterocycles. The van der Waals surface area contributed by atoms with Gasteiger partial charge in [0.05, 0.1) is 6.54 Å². The van der Waals surface area contributed by atoms with E-state index in [1.54, 1.807) is 0 Å². The monoisotopic (exact) mass is 278 g/mol. The van der Waals surface area contributed by atoms with E-state index < -0.39 is 5.97 Å². The van der Waals surface area contributed by atoms with Gasteiger partial charge in [-0.15, -0.1) is 0 Å². The number of rotatable bonds is 8. The predicted octanol–water partition coefficient (Wildman–Crippen LogP) is 1.98. The molecule has 0 aliphatic heterocycles. The van der Waals surface area contributed by atoms with Crippen molar-refractivity contribution in [3.63, 3.8) is 0 Å². The third-order valence-electron chi connectivity index (χ3n) is 3.10. The number of hydrogen-bond donors (Lipinski definition) is 2. The first-order valence-electron chi connectivity index (χ1n) is 6.88. The summed E-state index contributed by atoms with van der Waals surface area (Å²) in [6, 6.07) is 7.32. The number of carboxylic acids is 1. The van der Waals surface area contributed by atoms with Crippen LogP contribution in [0.1, 0.15) is 25.8 Å². The summed E-state index contributed by atoms with van der Waals surface area (Å²) in [6.45, 7) is 6.07. The lowest BCUT2D eigenvalue weighted by Crippen LogP contribution is -2.32. The maximum Gasteiger partial charge on any atom is 0.303 e. The predicted molar refractivity (Wildman–Crippen MR) is 78.8 cm³/mol. The van der Waals surface area contributed by atoms with E-state index >= 15 is 0 Å². The Labute approximate surface area is 119 Å². The second kappa shape index (κ2) is 8.32. The molecule has 0 heterocycles. The first-order valence-corrected chi connectivity index (χ1v) is 6.88. The lowest BCUT2D eigenvalue weighted by molar-refractivity contribution is -0.137. The number of anilines is 1. The molecule has 1 amide bonds. The maximum absolute atomic E-state index is 11.9. The van der Waals surface area contributed by atoms with Crippen molar-refractivity contribution in [2.45, 2.75) is 26.7 Å². The molecule has 1 aromatic carbocycles. The second-order valence-electron chi connectivity index (χ2n) is 4.60. The second-order valence-corrected chi connectivity index (χ2v) is 4.60. The van der Waals surface area contributed by atoms with E-state index in [9.17, 15) is 9.59 Å². The number of nitrogens with zero attached hydrogens (tertiary/aromatic N) is 1. The summed E-state index contributed by atoms with van der Waals surface area (Å²) >= 11 is 0. The van der Waals surface area contributed by atoms with Crippen LogP contribution in [0, 0.1) is 0 Å². The highest BCUT2D eigenvalue weighted by molar-refractivity contribution is 5.92. The van der Waals surface area contributed by atoms with Crippen LogP contribution < -0.4 is 5.32 Å². The van der Waals surface area contributed by atoms with E-state index in [0.29, 0.717) is 18.7 Å². The Balaban J connectivity index is 2.56. The minimum atomic E-state index is -0.819. The van der Waals surface area contributed by atoms with E-state index in [1.165, 1.54) is 0 Å². The molecule has 0 bridgehead atoms. The Hall–Kier alpha value is -1.88. The Bertz CT molecular complexity index is 456. The molecule has 5 heteroatoms. The quantitative estimate of drug-likeness (QED) is 0.763. The van der Waals surface area contributed by atoms with Crippen LogP contribution in [0.25, 0.3) is 0 Å². The zero-order valence-corrected chi connectivity index (χ0v) is 12.1. The van der Waals surface area contributed by atoms with E-state index in [4.69, 9.17) is 5.11 Å². The molecule has 0 aliphatic carbocycles. The van der Waals surface area contributed by atoms with Crippen LogP contribution in [-0.4, -0.2) is 41.5 Å². The Morgan fingerprint density at radius 1 is 1.25 bits per heavy atom. The Morgan fingerprint density at radius 3 is 2.55 bits per heavy atom. The number of nitrogens with one attached hydrogen (secondary N) is 1. The lowest BCUT2D eigenvalue weighted by Gasteiger charge is -2.17. The van der Waals surface area contributed by atoms with Gasteiger partial charge in [0.15, 0.2) is 0 Å². The van der Waals surface area contributed by atoms with Crippen molar-refractivity contribution >= 4 is 17.6 Å². The van der Waals surface area contributed by atoms with Crippen LogP contribution in [0.2, 0.25) is 0 Å². The van der Waals surface area contributed by atoms with Gasteiger partial charge in [-0.3, -0.25) is 14.5 Å². The van der Waals surface area contributed by atoms with Gasteiger partial charge in [0.2, 0.25) is 5.91 Å². The maximum atomic E-state index is 11.9. The molecule has 0 radical (unpaired) electrons. The minimum absolute atomic E-state index is 0.0518. The van der Waals surface area contributed by atoms with Gasteiger partial charge in [-0.2, -0.15) is 0 Å². The number of benzene rings is 1. The largest absolute Gasteiger partial charge is 0.481 e. The van der Waals surface area contributed by atoms with Gasteiger partial charge in [-0.05, 0) is 37.2 Å². The number of aliphatic carboxylic acids is 1. The summed E-state index contributed by atoms with van der Waals surface area (Å²) in [5.74, 6) is -0.870. The molecule has 2 N–H and O–H groups in total. The summed E-state index contributed by atoms with van der Waals surface area (Å²) in [5.41, 5.74) is 1.62. The first-order chi connectivity index (χ1) is 9.55. The van der Waals surface area contributed by atoms with Crippen LogP contribution in [0.5, 0.6) is 0 Å². The average molecular weight is 278 g/mol. The van der Waals surface area contributed by atoms with Crippen molar-refractivity contribution in [1.82, 2.24) is 4.90 Å². The molecule has 0 unspecified atom stereocenters. The molecule has 0 spiro atoms. The molecule has 110 valence electrons. The van der Waals surface area contributed by atoms with Crippen molar-refractivity contribution in [3.8, 4) is 0 Å². The summed E-state index contributed by atoms with van der Waals surface area (Å²) in [4.78, 5) is 24.4. The van der Waals surface area contributed by atoms with Gasteiger partial charge in [0.25, 0.3) is 0 Å². The third-order valence-corrected chi connectivity index (χ3v) is 3.10. The van der Waals surface area contributed by atoms with Gasteiger partial charge in [-0.1, -0.05) is 26.0 Å². The average Bonchev–Trinajstić information content (AvgIpc) is 2.43. The van der Waals surface area contributed by atoms with E-state index in [1.807, 2.05) is 43.0 Å². The molecule has 0 atom stereocenters. The Kier molecular flexibility index (Phi) is 6.73. The van der Waals surface area contributed by atoms with Crippen molar-refractivity contribution in [1.29, 1.82) is 0 Å². The van der Waals surface area contributed by atoms with Gasteiger partial charge in [-0.25, -0.2) is 0 Å². The molecule has 1 rings (SSSR count).